The average Bonchev–Trinajstić information content (AvgIpc) is 2.91. The molecule has 0 bridgehead atoms. The highest BCUT2D eigenvalue weighted by Gasteiger charge is 2.35. The van der Waals surface area contributed by atoms with E-state index in [1.54, 1.807) is 0 Å². The van der Waals surface area contributed by atoms with Gasteiger partial charge in [-0.3, -0.25) is 4.90 Å². The Morgan fingerprint density at radius 1 is 0.947 bits per heavy atom. The summed E-state index contributed by atoms with van der Waals surface area (Å²) in [5.74, 6) is 1.06. The van der Waals surface area contributed by atoms with Gasteiger partial charge in [-0.25, -0.2) is 0 Å². The Bertz CT molecular complexity index is 237. The smallest absolute Gasteiger partial charge is 0.0730 e. The van der Waals surface area contributed by atoms with Gasteiger partial charge in [-0.05, 0) is 44.4 Å². The van der Waals surface area contributed by atoms with Gasteiger partial charge in [-0.2, -0.15) is 12.6 Å². The molecule has 3 heteroatoms. The van der Waals surface area contributed by atoms with Gasteiger partial charge in [0.25, 0.3) is 0 Å². The lowest BCUT2D eigenvalue weighted by Gasteiger charge is -2.37. The van der Waals surface area contributed by atoms with E-state index in [0.717, 1.165) is 18.4 Å². The minimum absolute atomic E-state index is 0.565. The molecule has 1 aliphatic heterocycles. The minimum Gasteiger partial charge on any atom is -0.375 e. The average molecular weight is 285 g/mol. The van der Waals surface area contributed by atoms with Crippen LogP contribution in [0.5, 0.6) is 0 Å². The van der Waals surface area contributed by atoms with E-state index in [-0.39, 0.29) is 0 Å². The van der Waals surface area contributed by atoms with Gasteiger partial charge in [-0.1, -0.05) is 32.1 Å². The molecule has 1 aliphatic carbocycles. The van der Waals surface area contributed by atoms with Crippen LogP contribution in [0.2, 0.25) is 0 Å². The molecule has 0 N–H and O–H groups in total. The molecular weight excluding hydrogens is 254 g/mol. The van der Waals surface area contributed by atoms with E-state index in [1.807, 2.05) is 0 Å². The molecule has 2 rings (SSSR count). The number of unbranched alkanes of at least 4 members (excludes halogenated alkanes) is 6. The van der Waals surface area contributed by atoms with Gasteiger partial charge >= 0.3 is 0 Å². The molecule has 1 saturated heterocycles. The molecule has 2 fully saturated rings. The summed E-state index contributed by atoms with van der Waals surface area (Å²) in [6.45, 7) is 3.44. The third-order valence-corrected chi connectivity index (χ3v) is 5.02. The fraction of sp³-hybridized carbons (Fsp3) is 1.00. The van der Waals surface area contributed by atoms with E-state index in [0.29, 0.717) is 6.10 Å². The second kappa shape index (κ2) is 9.25. The predicted molar refractivity (Wildman–Crippen MR) is 85.1 cm³/mol. The molecule has 19 heavy (non-hydrogen) atoms. The van der Waals surface area contributed by atoms with E-state index in [2.05, 4.69) is 17.5 Å². The van der Waals surface area contributed by atoms with Crippen molar-refractivity contribution in [2.75, 3.05) is 25.4 Å². The molecule has 112 valence electrons. The van der Waals surface area contributed by atoms with Gasteiger partial charge in [-0.15, -0.1) is 0 Å². The van der Waals surface area contributed by atoms with Gasteiger partial charge < -0.3 is 4.74 Å². The fourth-order valence-corrected chi connectivity index (χ4v) is 3.82. The molecule has 0 spiro atoms. The van der Waals surface area contributed by atoms with Crippen LogP contribution in [-0.4, -0.2) is 42.5 Å². The van der Waals surface area contributed by atoms with Gasteiger partial charge in [0.15, 0.2) is 0 Å². The molecule has 1 heterocycles. The van der Waals surface area contributed by atoms with Crippen molar-refractivity contribution in [3.8, 4) is 0 Å². The number of rotatable bonds is 9. The highest BCUT2D eigenvalue weighted by atomic mass is 32.1. The molecule has 0 aromatic heterocycles. The number of fused-ring (bicyclic) bond motifs is 1. The van der Waals surface area contributed by atoms with Crippen molar-refractivity contribution in [1.82, 2.24) is 4.90 Å². The highest BCUT2D eigenvalue weighted by Crippen LogP contribution is 2.29. The zero-order chi connectivity index (χ0) is 13.3. The number of ether oxygens (including phenoxy) is 1. The Balaban J connectivity index is 1.48. The first kappa shape index (κ1) is 15.7. The van der Waals surface area contributed by atoms with Crippen molar-refractivity contribution in [2.24, 2.45) is 0 Å². The summed E-state index contributed by atoms with van der Waals surface area (Å²) in [6, 6.07) is 0.754. The predicted octanol–water partition coefficient (Wildman–Crippen LogP) is 3.90. The Hall–Kier alpha value is 0.270. The second-order valence-electron chi connectivity index (χ2n) is 6.14. The van der Waals surface area contributed by atoms with Crippen molar-refractivity contribution in [1.29, 1.82) is 0 Å². The van der Waals surface area contributed by atoms with Crippen LogP contribution < -0.4 is 0 Å². The summed E-state index contributed by atoms with van der Waals surface area (Å²) in [7, 11) is 0. The Morgan fingerprint density at radius 3 is 2.47 bits per heavy atom. The maximum absolute atomic E-state index is 5.87. The first-order chi connectivity index (χ1) is 9.42. The Labute approximate surface area is 124 Å². The molecule has 2 atom stereocenters. The summed E-state index contributed by atoms with van der Waals surface area (Å²) in [5.41, 5.74) is 0. The van der Waals surface area contributed by atoms with Gasteiger partial charge in [0, 0.05) is 12.6 Å². The monoisotopic (exact) mass is 285 g/mol. The maximum atomic E-state index is 5.87. The van der Waals surface area contributed by atoms with E-state index >= 15 is 0 Å². The van der Waals surface area contributed by atoms with E-state index in [9.17, 15) is 0 Å². The topological polar surface area (TPSA) is 12.5 Å². The molecule has 1 saturated carbocycles. The third-order valence-electron chi connectivity index (χ3n) is 4.70. The first-order valence-electron chi connectivity index (χ1n) is 8.38. The summed E-state index contributed by atoms with van der Waals surface area (Å²) in [4.78, 5) is 2.71. The molecule has 0 aromatic rings. The molecule has 0 amide bonds. The number of thiol groups is 1. The zero-order valence-corrected chi connectivity index (χ0v) is 13.3. The van der Waals surface area contributed by atoms with Crippen molar-refractivity contribution in [3.63, 3.8) is 0 Å². The normalized spacial score (nSPS) is 27.6. The number of nitrogens with zero attached hydrogens (tertiary/aromatic N) is 1. The van der Waals surface area contributed by atoms with Crippen molar-refractivity contribution >= 4 is 12.6 Å². The van der Waals surface area contributed by atoms with Crippen molar-refractivity contribution < 1.29 is 4.74 Å². The Kier molecular flexibility index (Phi) is 7.62. The SMILES string of the molecule is SCCCCCCCCCN1CCOC2CCCC21. The van der Waals surface area contributed by atoms with Crippen LogP contribution in [0.4, 0.5) is 0 Å². The van der Waals surface area contributed by atoms with Gasteiger partial charge in [0.1, 0.15) is 0 Å². The molecule has 2 aliphatic rings. The number of hydrogen-bond donors (Lipinski definition) is 1. The van der Waals surface area contributed by atoms with E-state index < -0.39 is 0 Å². The van der Waals surface area contributed by atoms with Crippen molar-refractivity contribution in [2.45, 2.75) is 76.4 Å². The Morgan fingerprint density at radius 2 is 1.68 bits per heavy atom. The van der Waals surface area contributed by atoms with Crippen LogP contribution in [0.25, 0.3) is 0 Å². The summed E-state index contributed by atoms with van der Waals surface area (Å²) in [5, 5.41) is 0. The first-order valence-corrected chi connectivity index (χ1v) is 9.01. The fourth-order valence-electron chi connectivity index (χ4n) is 3.59. The quantitative estimate of drug-likeness (QED) is 0.509. The number of morpholine rings is 1. The van der Waals surface area contributed by atoms with Crippen LogP contribution in [0.3, 0.4) is 0 Å². The van der Waals surface area contributed by atoms with Crippen LogP contribution >= 0.6 is 12.6 Å². The van der Waals surface area contributed by atoms with Crippen LogP contribution in [0, 0.1) is 0 Å². The minimum atomic E-state index is 0.565. The molecule has 0 aromatic carbocycles. The molecular formula is C16H31NOS. The second-order valence-corrected chi connectivity index (χ2v) is 6.59. The van der Waals surface area contributed by atoms with Crippen LogP contribution in [0.1, 0.15) is 64.2 Å². The van der Waals surface area contributed by atoms with Gasteiger partial charge in [0.05, 0.1) is 12.7 Å². The summed E-state index contributed by atoms with van der Waals surface area (Å²) >= 11 is 4.25. The van der Waals surface area contributed by atoms with Crippen LogP contribution in [0.15, 0.2) is 0 Å². The lowest BCUT2D eigenvalue weighted by atomic mass is 10.1. The largest absolute Gasteiger partial charge is 0.375 e. The van der Waals surface area contributed by atoms with Gasteiger partial charge in [0.2, 0.25) is 0 Å². The molecule has 0 radical (unpaired) electrons. The maximum Gasteiger partial charge on any atom is 0.0730 e. The standard InChI is InChI=1S/C16H31NOS/c19-14-7-5-3-1-2-4-6-11-17-12-13-18-16-10-8-9-15(16)17/h15-16,19H,1-14H2. The lowest BCUT2D eigenvalue weighted by Crippen LogP contribution is -2.48. The van der Waals surface area contributed by atoms with Crippen LogP contribution in [-0.2, 0) is 4.74 Å². The molecule has 2 unspecified atom stereocenters. The summed E-state index contributed by atoms with van der Waals surface area (Å²) < 4.78 is 5.87. The number of hydrogen-bond acceptors (Lipinski definition) is 3. The summed E-state index contributed by atoms with van der Waals surface area (Å²) in [6.07, 6.45) is 14.3. The zero-order valence-electron chi connectivity index (χ0n) is 12.4. The van der Waals surface area contributed by atoms with E-state index in [4.69, 9.17) is 4.74 Å². The van der Waals surface area contributed by atoms with Crippen molar-refractivity contribution in [3.05, 3.63) is 0 Å². The third kappa shape index (κ3) is 5.28. The lowest BCUT2D eigenvalue weighted by molar-refractivity contribution is -0.0558. The van der Waals surface area contributed by atoms with E-state index in [1.165, 1.54) is 77.3 Å². The highest BCUT2D eigenvalue weighted by molar-refractivity contribution is 7.80. The molecule has 2 nitrogen and oxygen atoms in total.